The molecule has 1 aliphatic rings. The van der Waals surface area contributed by atoms with E-state index in [-0.39, 0.29) is 10.8 Å². The SMILES string of the molecule is Cc1cc(C)c(S(=O)(=O)NC(Cc2ccccc2)C(=O)N2CCCCC2)c(C)c1. The van der Waals surface area contributed by atoms with Gasteiger partial charge in [0.1, 0.15) is 6.04 Å². The minimum Gasteiger partial charge on any atom is -0.341 e. The van der Waals surface area contributed by atoms with E-state index in [1.54, 1.807) is 18.7 Å². The molecule has 0 spiro atoms. The molecule has 2 aromatic rings. The maximum Gasteiger partial charge on any atom is 0.241 e. The van der Waals surface area contributed by atoms with Crippen molar-refractivity contribution in [2.75, 3.05) is 13.1 Å². The number of carbonyl (C=O) groups excluding carboxylic acids is 1. The zero-order valence-corrected chi connectivity index (χ0v) is 18.3. The molecule has 0 bridgehead atoms. The zero-order valence-electron chi connectivity index (χ0n) is 17.4. The van der Waals surface area contributed by atoms with Crippen LogP contribution in [0.4, 0.5) is 0 Å². The predicted octanol–water partition coefficient (Wildman–Crippen LogP) is 3.51. The van der Waals surface area contributed by atoms with Crippen molar-refractivity contribution in [3.63, 3.8) is 0 Å². The van der Waals surface area contributed by atoms with Crippen molar-refractivity contribution in [3.05, 3.63) is 64.7 Å². The molecular formula is C23H30N2O3S. The second kappa shape index (κ2) is 9.09. The Hall–Kier alpha value is -2.18. The van der Waals surface area contributed by atoms with Gasteiger partial charge in [0, 0.05) is 13.1 Å². The van der Waals surface area contributed by atoms with Crippen LogP contribution in [0.25, 0.3) is 0 Å². The number of amides is 1. The fourth-order valence-electron chi connectivity index (χ4n) is 4.20. The molecule has 0 aromatic heterocycles. The minimum absolute atomic E-state index is 0.139. The summed E-state index contributed by atoms with van der Waals surface area (Å²) in [4.78, 5) is 15.3. The number of nitrogens with one attached hydrogen (secondary N) is 1. The molecule has 1 amide bonds. The summed E-state index contributed by atoms with van der Waals surface area (Å²) in [5, 5.41) is 0. The van der Waals surface area contributed by atoms with Gasteiger partial charge in [-0.1, -0.05) is 48.0 Å². The maximum absolute atomic E-state index is 13.3. The quantitative estimate of drug-likeness (QED) is 0.787. The summed E-state index contributed by atoms with van der Waals surface area (Å²) in [6.45, 7) is 6.92. The fourth-order valence-corrected chi connectivity index (χ4v) is 5.84. The van der Waals surface area contributed by atoms with Crippen molar-refractivity contribution in [1.29, 1.82) is 0 Å². The number of nitrogens with zero attached hydrogens (tertiary/aromatic N) is 1. The number of aryl methyl sites for hydroxylation is 3. The van der Waals surface area contributed by atoms with E-state index in [9.17, 15) is 13.2 Å². The van der Waals surface area contributed by atoms with Crippen molar-refractivity contribution < 1.29 is 13.2 Å². The number of piperidine rings is 1. The van der Waals surface area contributed by atoms with Gasteiger partial charge < -0.3 is 4.90 Å². The molecule has 1 fully saturated rings. The molecule has 1 unspecified atom stereocenters. The average molecular weight is 415 g/mol. The van der Waals surface area contributed by atoms with Crippen LogP contribution in [0.5, 0.6) is 0 Å². The molecule has 29 heavy (non-hydrogen) atoms. The molecule has 0 radical (unpaired) electrons. The summed E-state index contributed by atoms with van der Waals surface area (Å²) in [6.07, 6.45) is 3.37. The second-order valence-electron chi connectivity index (χ2n) is 7.98. The third-order valence-electron chi connectivity index (χ3n) is 5.42. The van der Waals surface area contributed by atoms with E-state index >= 15 is 0 Å². The van der Waals surface area contributed by atoms with E-state index in [2.05, 4.69) is 4.72 Å². The van der Waals surface area contributed by atoms with Crippen molar-refractivity contribution in [3.8, 4) is 0 Å². The highest BCUT2D eigenvalue weighted by Gasteiger charge is 2.31. The third-order valence-corrected chi connectivity index (χ3v) is 7.20. The lowest BCUT2D eigenvalue weighted by molar-refractivity contribution is -0.133. The van der Waals surface area contributed by atoms with Crippen LogP contribution >= 0.6 is 0 Å². The van der Waals surface area contributed by atoms with Crippen LogP contribution in [0.15, 0.2) is 47.4 Å². The number of likely N-dealkylation sites (tertiary alicyclic amines) is 1. The van der Waals surface area contributed by atoms with Gasteiger partial charge in [-0.2, -0.15) is 4.72 Å². The van der Waals surface area contributed by atoms with Gasteiger partial charge >= 0.3 is 0 Å². The van der Waals surface area contributed by atoms with Gasteiger partial charge in [-0.25, -0.2) is 8.42 Å². The molecule has 3 rings (SSSR count). The molecule has 0 aliphatic carbocycles. The first-order chi connectivity index (χ1) is 13.8. The van der Waals surface area contributed by atoms with Gasteiger partial charge in [0.25, 0.3) is 0 Å². The highest BCUT2D eigenvalue weighted by atomic mass is 32.2. The zero-order chi connectivity index (χ0) is 21.0. The van der Waals surface area contributed by atoms with Crippen LogP contribution in [0, 0.1) is 20.8 Å². The molecule has 1 aliphatic heterocycles. The van der Waals surface area contributed by atoms with Gasteiger partial charge in [-0.15, -0.1) is 0 Å². The summed E-state index contributed by atoms with van der Waals surface area (Å²) >= 11 is 0. The molecule has 156 valence electrons. The Morgan fingerprint density at radius 1 is 1.00 bits per heavy atom. The van der Waals surface area contributed by atoms with Gasteiger partial charge in [-0.3, -0.25) is 4.79 Å². The fraction of sp³-hybridized carbons (Fsp3) is 0.435. The Balaban J connectivity index is 1.92. The van der Waals surface area contributed by atoms with Crippen LogP contribution in [-0.2, 0) is 21.2 Å². The largest absolute Gasteiger partial charge is 0.341 e. The summed E-state index contributed by atoms with van der Waals surface area (Å²) in [5.74, 6) is -0.139. The van der Waals surface area contributed by atoms with Crippen LogP contribution in [0.1, 0.15) is 41.5 Å². The summed E-state index contributed by atoms with van der Waals surface area (Å²) < 4.78 is 29.3. The first-order valence-electron chi connectivity index (χ1n) is 10.2. The normalized spacial score (nSPS) is 15.9. The van der Waals surface area contributed by atoms with Crippen molar-refractivity contribution in [1.82, 2.24) is 9.62 Å². The summed E-state index contributed by atoms with van der Waals surface area (Å²) in [7, 11) is -3.84. The third kappa shape index (κ3) is 5.25. The molecule has 1 heterocycles. The Labute approximate surface area is 174 Å². The highest BCUT2D eigenvalue weighted by Crippen LogP contribution is 2.23. The minimum atomic E-state index is -3.84. The van der Waals surface area contributed by atoms with E-state index in [4.69, 9.17) is 0 Å². The smallest absolute Gasteiger partial charge is 0.241 e. The van der Waals surface area contributed by atoms with Gasteiger partial charge in [-0.05, 0) is 63.1 Å². The van der Waals surface area contributed by atoms with Crippen LogP contribution in [0.2, 0.25) is 0 Å². The topological polar surface area (TPSA) is 66.5 Å². The molecule has 0 saturated carbocycles. The first kappa shape index (κ1) is 21.5. The number of hydrogen-bond acceptors (Lipinski definition) is 3. The summed E-state index contributed by atoms with van der Waals surface area (Å²) in [5.41, 5.74) is 3.34. The van der Waals surface area contributed by atoms with Crippen molar-refractivity contribution in [2.24, 2.45) is 0 Å². The van der Waals surface area contributed by atoms with Crippen LogP contribution < -0.4 is 4.72 Å². The van der Waals surface area contributed by atoms with E-state index in [0.717, 1.165) is 30.4 Å². The van der Waals surface area contributed by atoms with E-state index in [1.165, 1.54) is 0 Å². The molecule has 6 heteroatoms. The maximum atomic E-state index is 13.3. The Morgan fingerprint density at radius 2 is 1.59 bits per heavy atom. The van der Waals surface area contributed by atoms with Gasteiger partial charge in [0.2, 0.25) is 15.9 Å². The number of sulfonamides is 1. The molecule has 1 saturated heterocycles. The summed E-state index contributed by atoms with van der Waals surface area (Å²) in [6, 6.07) is 12.5. The lowest BCUT2D eigenvalue weighted by Gasteiger charge is -2.31. The van der Waals surface area contributed by atoms with Gasteiger partial charge in [0.05, 0.1) is 4.90 Å². The molecule has 1 atom stereocenters. The molecule has 2 aromatic carbocycles. The van der Waals surface area contributed by atoms with Gasteiger partial charge in [0.15, 0.2) is 0 Å². The second-order valence-corrected chi connectivity index (χ2v) is 9.63. The van der Waals surface area contributed by atoms with Crippen molar-refractivity contribution >= 4 is 15.9 Å². The average Bonchev–Trinajstić information content (AvgIpc) is 2.67. The predicted molar refractivity (Wildman–Crippen MR) is 115 cm³/mol. The van der Waals surface area contributed by atoms with E-state index in [0.29, 0.717) is 30.6 Å². The number of hydrogen-bond donors (Lipinski definition) is 1. The first-order valence-corrected chi connectivity index (χ1v) is 11.7. The van der Waals surface area contributed by atoms with Crippen LogP contribution in [0.3, 0.4) is 0 Å². The molecule has 5 nitrogen and oxygen atoms in total. The number of benzene rings is 2. The lowest BCUT2D eigenvalue weighted by atomic mass is 10.0. The number of rotatable bonds is 6. The number of carbonyl (C=O) groups is 1. The Morgan fingerprint density at radius 3 is 2.17 bits per heavy atom. The van der Waals surface area contributed by atoms with E-state index in [1.807, 2.05) is 49.4 Å². The standard InChI is InChI=1S/C23H30N2O3S/c1-17-14-18(2)22(19(3)15-17)29(27,28)24-21(16-20-10-6-4-7-11-20)23(26)25-12-8-5-9-13-25/h4,6-7,10-11,14-15,21,24H,5,8-9,12-13,16H2,1-3H3. The highest BCUT2D eigenvalue weighted by molar-refractivity contribution is 7.89. The van der Waals surface area contributed by atoms with Crippen LogP contribution in [-0.4, -0.2) is 38.4 Å². The Kier molecular flexibility index (Phi) is 6.75. The lowest BCUT2D eigenvalue weighted by Crippen LogP contribution is -2.51. The molecular weight excluding hydrogens is 384 g/mol. The Bertz CT molecular complexity index is 942. The van der Waals surface area contributed by atoms with Crippen molar-refractivity contribution in [2.45, 2.75) is 57.4 Å². The molecule has 1 N–H and O–H groups in total. The van der Waals surface area contributed by atoms with E-state index < -0.39 is 16.1 Å². The monoisotopic (exact) mass is 414 g/mol.